The van der Waals surface area contributed by atoms with Crippen LogP contribution < -0.4 is 0 Å². The Bertz CT molecular complexity index is 356. The number of hydrogen-bond donors (Lipinski definition) is 0. The van der Waals surface area contributed by atoms with Crippen molar-refractivity contribution in [3.05, 3.63) is 0 Å². The highest BCUT2D eigenvalue weighted by atomic mass is 16.1. The lowest BCUT2D eigenvalue weighted by atomic mass is 9.74. The van der Waals surface area contributed by atoms with Gasteiger partial charge in [0.25, 0.3) is 0 Å². The smallest absolute Gasteiger partial charge is 0.136 e. The molecule has 2 aliphatic rings. The minimum Gasteiger partial charge on any atom is -0.300 e. The lowest BCUT2D eigenvalue weighted by Gasteiger charge is -2.29. The molecule has 2 aliphatic carbocycles. The summed E-state index contributed by atoms with van der Waals surface area (Å²) in [7, 11) is 0. The van der Waals surface area contributed by atoms with Gasteiger partial charge in [-0.15, -0.1) is 0 Å². The number of hydrogen-bond acceptors (Lipinski definition) is 2. The quantitative estimate of drug-likeness (QED) is 0.752. The molecule has 0 spiro atoms. The van der Waals surface area contributed by atoms with Gasteiger partial charge < -0.3 is 4.79 Å². The zero-order chi connectivity index (χ0) is 12.8. The Morgan fingerprint density at radius 3 is 2.59 bits per heavy atom. The van der Waals surface area contributed by atoms with Crippen LogP contribution in [-0.4, -0.2) is 11.6 Å². The summed E-state index contributed by atoms with van der Waals surface area (Å²) in [5.41, 5.74) is 0.424. The second-order valence-corrected chi connectivity index (χ2v) is 7.11. The predicted octanol–water partition coefficient (Wildman–Crippen LogP) is 3.39. The van der Waals surface area contributed by atoms with Crippen LogP contribution in [0.3, 0.4) is 0 Å². The summed E-state index contributed by atoms with van der Waals surface area (Å²) in [6, 6.07) is 0. The third kappa shape index (κ3) is 2.07. The van der Waals surface area contributed by atoms with Gasteiger partial charge in [0.1, 0.15) is 11.6 Å². The number of carbonyl (C=O) groups is 2. The Labute approximate surface area is 104 Å². The van der Waals surface area contributed by atoms with Crippen LogP contribution in [0.25, 0.3) is 0 Å². The average molecular weight is 236 g/mol. The zero-order valence-electron chi connectivity index (χ0n) is 11.5. The van der Waals surface area contributed by atoms with Gasteiger partial charge in [-0.1, -0.05) is 20.8 Å². The van der Waals surface area contributed by atoms with E-state index in [9.17, 15) is 9.59 Å². The summed E-state index contributed by atoms with van der Waals surface area (Å²) in [6.07, 6.45) is 4.48. The molecule has 2 rings (SSSR count). The van der Waals surface area contributed by atoms with Gasteiger partial charge >= 0.3 is 0 Å². The Morgan fingerprint density at radius 1 is 1.35 bits per heavy atom. The normalized spacial score (nSPS) is 39.4. The fraction of sp³-hybridized carbons (Fsp3) is 0.867. The molecule has 0 saturated heterocycles. The van der Waals surface area contributed by atoms with Crippen LogP contribution in [0.2, 0.25) is 0 Å². The van der Waals surface area contributed by atoms with Gasteiger partial charge in [-0.25, -0.2) is 0 Å². The van der Waals surface area contributed by atoms with Crippen molar-refractivity contribution in [3.8, 4) is 0 Å². The van der Waals surface area contributed by atoms with E-state index in [0.717, 1.165) is 25.7 Å². The molecule has 0 aromatic carbocycles. The molecule has 0 amide bonds. The number of fused-ring (bicyclic) bond motifs is 1. The summed E-state index contributed by atoms with van der Waals surface area (Å²) in [6.45, 7) is 8.47. The molecular formula is C15H24O2. The first kappa shape index (κ1) is 12.8. The van der Waals surface area contributed by atoms with Crippen molar-refractivity contribution in [2.45, 2.75) is 59.8 Å². The van der Waals surface area contributed by atoms with E-state index in [2.05, 4.69) is 20.8 Å². The molecule has 0 aliphatic heterocycles. The monoisotopic (exact) mass is 236 g/mol. The lowest BCUT2D eigenvalue weighted by molar-refractivity contribution is -0.124. The summed E-state index contributed by atoms with van der Waals surface area (Å²) >= 11 is 0. The van der Waals surface area contributed by atoms with Gasteiger partial charge in [0.05, 0.1) is 0 Å². The Hall–Kier alpha value is -0.660. The summed E-state index contributed by atoms with van der Waals surface area (Å²) in [4.78, 5) is 23.3. The zero-order valence-corrected chi connectivity index (χ0v) is 11.5. The van der Waals surface area contributed by atoms with Crippen molar-refractivity contribution in [2.24, 2.45) is 22.7 Å². The third-order valence-electron chi connectivity index (χ3n) is 5.11. The highest BCUT2D eigenvalue weighted by Gasteiger charge is 2.59. The van der Waals surface area contributed by atoms with E-state index in [4.69, 9.17) is 0 Å². The molecular weight excluding hydrogens is 212 g/mol. The van der Waals surface area contributed by atoms with Crippen LogP contribution in [0, 0.1) is 22.7 Å². The van der Waals surface area contributed by atoms with Gasteiger partial charge in [-0.2, -0.15) is 0 Å². The van der Waals surface area contributed by atoms with Crippen LogP contribution in [0.1, 0.15) is 59.8 Å². The molecule has 17 heavy (non-hydrogen) atoms. The number of rotatable bonds is 3. The van der Waals surface area contributed by atoms with Crippen molar-refractivity contribution in [2.75, 3.05) is 0 Å². The molecule has 2 heteroatoms. The van der Waals surface area contributed by atoms with Crippen LogP contribution in [-0.2, 0) is 9.59 Å². The molecule has 0 heterocycles. The minimum absolute atomic E-state index is 0.210. The molecule has 2 nitrogen and oxygen atoms in total. The third-order valence-corrected chi connectivity index (χ3v) is 5.11. The van der Waals surface area contributed by atoms with Crippen LogP contribution >= 0.6 is 0 Å². The van der Waals surface area contributed by atoms with Crippen molar-refractivity contribution in [1.82, 2.24) is 0 Å². The first-order chi connectivity index (χ1) is 7.76. The Balaban J connectivity index is 2.22. The maximum absolute atomic E-state index is 12.1. The molecule has 2 saturated carbocycles. The number of carbonyl (C=O) groups excluding carboxylic acids is 2. The van der Waals surface area contributed by atoms with Crippen LogP contribution in [0.5, 0.6) is 0 Å². The highest BCUT2D eigenvalue weighted by molar-refractivity contribution is 5.85. The SMILES string of the molecule is CC(=O)CC[C@H]1[C@@H]2C(=O)CC[C@]2(C)CC1(C)C. The minimum atomic E-state index is 0.210. The van der Waals surface area contributed by atoms with E-state index < -0.39 is 0 Å². The van der Waals surface area contributed by atoms with Crippen molar-refractivity contribution in [3.63, 3.8) is 0 Å². The van der Waals surface area contributed by atoms with Crippen LogP contribution in [0.4, 0.5) is 0 Å². The number of ketones is 2. The maximum Gasteiger partial charge on any atom is 0.136 e. The summed E-state index contributed by atoms with van der Waals surface area (Å²) in [5.74, 6) is 1.33. The molecule has 0 bridgehead atoms. The van der Waals surface area contributed by atoms with Crippen molar-refractivity contribution in [1.29, 1.82) is 0 Å². The fourth-order valence-electron chi connectivity index (χ4n) is 4.56. The summed E-state index contributed by atoms with van der Waals surface area (Å²) < 4.78 is 0. The summed E-state index contributed by atoms with van der Waals surface area (Å²) in [5, 5.41) is 0. The molecule has 0 N–H and O–H groups in total. The molecule has 2 fully saturated rings. The second kappa shape index (κ2) is 3.93. The predicted molar refractivity (Wildman–Crippen MR) is 67.6 cm³/mol. The van der Waals surface area contributed by atoms with Crippen molar-refractivity contribution >= 4 is 11.6 Å². The van der Waals surface area contributed by atoms with E-state index in [1.165, 1.54) is 0 Å². The van der Waals surface area contributed by atoms with Crippen LogP contribution in [0.15, 0.2) is 0 Å². The van der Waals surface area contributed by atoms with E-state index in [0.29, 0.717) is 18.1 Å². The molecule has 0 aromatic heterocycles. The average Bonchev–Trinajstić information content (AvgIpc) is 2.54. The standard InChI is InChI=1S/C15H24O2/c1-10(16)5-6-11-13-12(17)7-8-15(13,4)9-14(11,2)3/h11,13H,5-9H2,1-4H3/t11-,13+,15+/m0/s1. The topological polar surface area (TPSA) is 34.1 Å². The largest absolute Gasteiger partial charge is 0.300 e. The van der Waals surface area contributed by atoms with Gasteiger partial charge in [-0.3, -0.25) is 4.79 Å². The first-order valence-electron chi connectivity index (χ1n) is 6.78. The van der Waals surface area contributed by atoms with Gasteiger partial charge in [-0.05, 0) is 42.9 Å². The van der Waals surface area contributed by atoms with E-state index >= 15 is 0 Å². The molecule has 3 atom stereocenters. The molecule has 96 valence electrons. The lowest BCUT2D eigenvalue weighted by Crippen LogP contribution is -2.28. The van der Waals surface area contributed by atoms with Gasteiger partial charge in [0.15, 0.2) is 0 Å². The maximum atomic E-state index is 12.1. The highest BCUT2D eigenvalue weighted by Crippen LogP contribution is 2.63. The first-order valence-corrected chi connectivity index (χ1v) is 6.78. The van der Waals surface area contributed by atoms with E-state index in [-0.39, 0.29) is 22.5 Å². The van der Waals surface area contributed by atoms with E-state index in [1.807, 2.05) is 0 Å². The fourth-order valence-corrected chi connectivity index (χ4v) is 4.56. The van der Waals surface area contributed by atoms with Gasteiger partial charge in [0, 0.05) is 18.8 Å². The number of Topliss-reactive ketones (excluding diaryl/α,β-unsaturated/α-hetero) is 2. The van der Waals surface area contributed by atoms with Crippen molar-refractivity contribution < 1.29 is 9.59 Å². The Morgan fingerprint density at radius 2 is 2.00 bits per heavy atom. The second-order valence-electron chi connectivity index (χ2n) is 7.11. The Kier molecular flexibility index (Phi) is 2.95. The van der Waals surface area contributed by atoms with Gasteiger partial charge in [0.2, 0.25) is 0 Å². The van der Waals surface area contributed by atoms with E-state index in [1.54, 1.807) is 6.92 Å². The molecule has 0 unspecified atom stereocenters. The molecule has 0 aromatic rings. The molecule has 0 radical (unpaired) electrons.